The Kier molecular flexibility index (Phi) is 3.24. The summed E-state index contributed by atoms with van der Waals surface area (Å²) in [6.45, 7) is 2.62. The fourth-order valence-corrected chi connectivity index (χ4v) is 1.99. The third kappa shape index (κ3) is 2.41. The first-order valence-corrected chi connectivity index (χ1v) is 5.68. The molecule has 0 saturated heterocycles. The first-order valence-electron chi connectivity index (χ1n) is 4.89. The van der Waals surface area contributed by atoms with E-state index in [-0.39, 0.29) is 0 Å². The SMILES string of the molecule is Cc1ccc(CN(C)c2ncncc2Br)o1. The number of aryl methyl sites for hydroxylation is 1. The molecule has 0 saturated carbocycles. The van der Waals surface area contributed by atoms with E-state index in [2.05, 4.69) is 25.9 Å². The van der Waals surface area contributed by atoms with Crippen LogP contribution in [0.15, 0.2) is 33.5 Å². The molecule has 0 radical (unpaired) electrons. The number of anilines is 1. The molecule has 0 amide bonds. The van der Waals surface area contributed by atoms with E-state index >= 15 is 0 Å². The molecule has 4 nitrogen and oxygen atoms in total. The molecule has 2 heterocycles. The molecule has 16 heavy (non-hydrogen) atoms. The average Bonchev–Trinajstić information content (AvgIpc) is 2.64. The van der Waals surface area contributed by atoms with E-state index in [9.17, 15) is 0 Å². The van der Waals surface area contributed by atoms with Crippen LogP contribution >= 0.6 is 15.9 Å². The Morgan fingerprint density at radius 3 is 2.88 bits per heavy atom. The molecule has 0 N–H and O–H groups in total. The van der Waals surface area contributed by atoms with E-state index in [0.29, 0.717) is 6.54 Å². The quantitative estimate of drug-likeness (QED) is 0.868. The normalized spacial score (nSPS) is 10.4. The van der Waals surface area contributed by atoms with Crippen molar-refractivity contribution >= 4 is 21.7 Å². The molecule has 5 heteroatoms. The van der Waals surface area contributed by atoms with Crippen molar-refractivity contribution in [3.63, 3.8) is 0 Å². The summed E-state index contributed by atoms with van der Waals surface area (Å²) in [6.07, 6.45) is 3.26. The summed E-state index contributed by atoms with van der Waals surface area (Å²) in [5.74, 6) is 2.69. The van der Waals surface area contributed by atoms with Crippen molar-refractivity contribution in [2.24, 2.45) is 0 Å². The van der Waals surface area contributed by atoms with Crippen molar-refractivity contribution in [3.05, 3.63) is 40.7 Å². The zero-order valence-corrected chi connectivity index (χ0v) is 10.7. The first-order chi connectivity index (χ1) is 7.66. The van der Waals surface area contributed by atoms with Crippen LogP contribution in [0.2, 0.25) is 0 Å². The van der Waals surface area contributed by atoms with Gasteiger partial charge in [-0.25, -0.2) is 9.97 Å². The minimum absolute atomic E-state index is 0.684. The van der Waals surface area contributed by atoms with Crippen molar-refractivity contribution in [1.82, 2.24) is 9.97 Å². The third-order valence-electron chi connectivity index (χ3n) is 2.20. The van der Waals surface area contributed by atoms with Gasteiger partial charge in [0, 0.05) is 13.2 Å². The van der Waals surface area contributed by atoms with Gasteiger partial charge in [-0.15, -0.1) is 0 Å². The smallest absolute Gasteiger partial charge is 0.146 e. The van der Waals surface area contributed by atoms with Gasteiger partial charge in [-0.3, -0.25) is 0 Å². The van der Waals surface area contributed by atoms with Gasteiger partial charge in [0.2, 0.25) is 0 Å². The predicted octanol–water partition coefficient (Wildman–Crippen LogP) is 2.78. The molecule has 0 aliphatic rings. The van der Waals surface area contributed by atoms with Crippen LogP contribution in [0.4, 0.5) is 5.82 Å². The monoisotopic (exact) mass is 281 g/mol. The Hall–Kier alpha value is -1.36. The Labute approximate surface area is 102 Å². The highest BCUT2D eigenvalue weighted by Gasteiger charge is 2.09. The van der Waals surface area contributed by atoms with Gasteiger partial charge in [0.15, 0.2) is 0 Å². The van der Waals surface area contributed by atoms with Gasteiger partial charge >= 0.3 is 0 Å². The second kappa shape index (κ2) is 4.65. The lowest BCUT2D eigenvalue weighted by atomic mass is 10.4. The fourth-order valence-electron chi connectivity index (χ4n) is 1.47. The average molecular weight is 282 g/mol. The molecule has 0 atom stereocenters. The topological polar surface area (TPSA) is 42.2 Å². The molecule has 0 fully saturated rings. The molecule has 0 aliphatic heterocycles. The Morgan fingerprint density at radius 1 is 1.44 bits per heavy atom. The maximum atomic E-state index is 5.52. The molecule has 2 aromatic heterocycles. The third-order valence-corrected chi connectivity index (χ3v) is 2.76. The molecular formula is C11H12BrN3O. The van der Waals surface area contributed by atoms with E-state index in [0.717, 1.165) is 21.8 Å². The van der Waals surface area contributed by atoms with Crippen molar-refractivity contribution in [2.75, 3.05) is 11.9 Å². The number of halogens is 1. The van der Waals surface area contributed by atoms with Gasteiger partial charge in [0.05, 0.1) is 11.0 Å². The molecule has 0 aromatic carbocycles. The lowest BCUT2D eigenvalue weighted by Gasteiger charge is -2.17. The van der Waals surface area contributed by atoms with Crippen LogP contribution < -0.4 is 4.90 Å². The summed E-state index contributed by atoms with van der Waals surface area (Å²) < 4.78 is 6.39. The van der Waals surface area contributed by atoms with Crippen LogP contribution in [-0.2, 0) is 6.54 Å². The summed E-state index contributed by atoms with van der Waals surface area (Å²) in [5, 5.41) is 0. The van der Waals surface area contributed by atoms with Crippen molar-refractivity contribution < 1.29 is 4.42 Å². The minimum atomic E-state index is 0.684. The summed E-state index contributed by atoms with van der Waals surface area (Å²) in [5.41, 5.74) is 0. The fraction of sp³-hybridized carbons (Fsp3) is 0.273. The second-order valence-electron chi connectivity index (χ2n) is 3.56. The van der Waals surface area contributed by atoms with Crippen LogP contribution in [0, 0.1) is 6.92 Å². The van der Waals surface area contributed by atoms with Gasteiger partial charge in [0.1, 0.15) is 23.7 Å². The van der Waals surface area contributed by atoms with Crippen LogP contribution in [-0.4, -0.2) is 17.0 Å². The van der Waals surface area contributed by atoms with Gasteiger partial charge in [-0.05, 0) is 35.0 Å². The predicted molar refractivity (Wildman–Crippen MR) is 65.3 cm³/mol. The molecule has 0 unspecified atom stereocenters. The minimum Gasteiger partial charge on any atom is -0.464 e. The Balaban J connectivity index is 2.14. The van der Waals surface area contributed by atoms with Gasteiger partial charge in [0.25, 0.3) is 0 Å². The first kappa shape index (κ1) is 11.1. The lowest BCUT2D eigenvalue weighted by Crippen LogP contribution is -2.17. The van der Waals surface area contributed by atoms with Crippen LogP contribution in [0.5, 0.6) is 0 Å². The standard InChI is InChI=1S/C11H12BrN3O/c1-8-3-4-9(16-8)6-15(2)11-10(12)5-13-7-14-11/h3-5,7H,6H2,1-2H3. The van der Waals surface area contributed by atoms with E-state index in [1.807, 2.05) is 31.0 Å². The Bertz CT molecular complexity index is 484. The number of aromatic nitrogens is 2. The van der Waals surface area contributed by atoms with E-state index in [1.54, 1.807) is 6.20 Å². The van der Waals surface area contributed by atoms with Crippen molar-refractivity contribution in [3.8, 4) is 0 Å². The van der Waals surface area contributed by atoms with E-state index < -0.39 is 0 Å². The van der Waals surface area contributed by atoms with Crippen LogP contribution in [0.3, 0.4) is 0 Å². The summed E-state index contributed by atoms with van der Waals surface area (Å²) >= 11 is 3.42. The van der Waals surface area contributed by atoms with Gasteiger partial charge < -0.3 is 9.32 Å². The van der Waals surface area contributed by atoms with Crippen LogP contribution in [0.1, 0.15) is 11.5 Å². The zero-order valence-electron chi connectivity index (χ0n) is 9.14. The van der Waals surface area contributed by atoms with Crippen LogP contribution in [0.25, 0.3) is 0 Å². The Morgan fingerprint density at radius 2 is 2.25 bits per heavy atom. The highest BCUT2D eigenvalue weighted by molar-refractivity contribution is 9.10. The molecular weight excluding hydrogens is 270 g/mol. The van der Waals surface area contributed by atoms with Crippen molar-refractivity contribution in [2.45, 2.75) is 13.5 Å². The maximum absolute atomic E-state index is 5.52. The number of nitrogens with zero attached hydrogens (tertiary/aromatic N) is 3. The summed E-state index contributed by atoms with van der Waals surface area (Å²) in [7, 11) is 1.96. The maximum Gasteiger partial charge on any atom is 0.146 e. The molecule has 2 rings (SSSR count). The summed E-state index contributed by atoms with van der Waals surface area (Å²) in [4.78, 5) is 10.1. The molecule has 84 valence electrons. The second-order valence-corrected chi connectivity index (χ2v) is 4.42. The number of hydrogen-bond donors (Lipinski definition) is 0. The van der Waals surface area contributed by atoms with Gasteiger partial charge in [-0.1, -0.05) is 0 Å². The summed E-state index contributed by atoms with van der Waals surface area (Å²) in [6, 6.07) is 3.93. The highest BCUT2D eigenvalue weighted by Crippen LogP contribution is 2.22. The van der Waals surface area contributed by atoms with E-state index in [1.165, 1.54) is 6.33 Å². The zero-order chi connectivity index (χ0) is 11.5. The number of furan rings is 1. The number of hydrogen-bond acceptors (Lipinski definition) is 4. The molecule has 0 bridgehead atoms. The molecule has 2 aromatic rings. The van der Waals surface area contributed by atoms with Crippen molar-refractivity contribution in [1.29, 1.82) is 0 Å². The lowest BCUT2D eigenvalue weighted by molar-refractivity contribution is 0.481. The molecule has 0 spiro atoms. The number of rotatable bonds is 3. The van der Waals surface area contributed by atoms with E-state index in [4.69, 9.17) is 4.42 Å². The van der Waals surface area contributed by atoms with Gasteiger partial charge in [-0.2, -0.15) is 0 Å². The molecule has 0 aliphatic carbocycles. The highest BCUT2D eigenvalue weighted by atomic mass is 79.9. The largest absolute Gasteiger partial charge is 0.464 e.